The Morgan fingerprint density at radius 2 is 1.88 bits per heavy atom. The molecule has 2 saturated heterocycles. The summed E-state index contributed by atoms with van der Waals surface area (Å²) in [6, 6.07) is 5.40. The average Bonchev–Trinajstić information content (AvgIpc) is 3.12. The summed E-state index contributed by atoms with van der Waals surface area (Å²) in [5.41, 5.74) is 5.13. The van der Waals surface area contributed by atoms with E-state index in [0.29, 0.717) is 57.6 Å². The number of alkyl halides is 3. The zero-order valence-corrected chi connectivity index (χ0v) is 17.8. The second-order valence-corrected chi connectivity index (χ2v) is 8.39. The highest BCUT2D eigenvalue weighted by Gasteiger charge is 2.35. The number of rotatable bonds is 5. The summed E-state index contributed by atoms with van der Waals surface area (Å²) in [7, 11) is 0. The van der Waals surface area contributed by atoms with Gasteiger partial charge >= 0.3 is 6.18 Å². The molecule has 4 N–H and O–H groups in total. The van der Waals surface area contributed by atoms with Gasteiger partial charge in [0.2, 0.25) is 5.95 Å². The Morgan fingerprint density at radius 3 is 2.53 bits per heavy atom. The second-order valence-electron chi connectivity index (χ2n) is 8.39. The lowest BCUT2D eigenvalue weighted by Gasteiger charge is -2.29. The van der Waals surface area contributed by atoms with Crippen molar-refractivity contribution in [3.05, 3.63) is 35.4 Å². The minimum Gasteiger partial charge on any atom is -0.393 e. The van der Waals surface area contributed by atoms with Gasteiger partial charge in [-0.2, -0.15) is 23.1 Å². The summed E-state index contributed by atoms with van der Waals surface area (Å²) in [6.45, 7) is 4.82. The molecule has 1 aromatic carbocycles. The van der Waals surface area contributed by atoms with Gasteiger partial charge < -0.3 is 30.7 Å². The van der Waals surface area contributed by atoms with Gasteiger partial charge in [0.25, 0.3) is 0 Å². The first-order valence-corrected chi connectivity index (χ1v) is 10.5. The minimum atomic E-state index is -4.46. The van der Waals surface area contributed by atoms with E-state index in [9.17, 15) is 18.3 Å². The Hall–Kier alpha value is -2.79. The van der Waals surface area contributed by atoms with E-state index in [1.165, 1.54) is 12.1 Å². The van der Waals surface area contributed by atoms with Crippen LogP contribution >= 0.6 is 0 Å². The highest BCUT2D eigenvalue weighted by Crippen LogP contribution is 2.36. The van der Waals surface area contributed by atoms with Gasteiger partial charge in [0, 0.05) is 32.7 Å². The maximum Gasteiger partial charge on any atom is 0.416 e. The van der Waals surface area contributed by atoms with E-state index in [2.05, 4.69) is 15.3 Å². The van der Waals surface area contributed by atoms with E-state index in [1.54, 1.807) is 13.0 Å². The van der Waals surface area contributed by atoms with Crippen LogP contribution in [0.15, 0.2) is 24.3 Å². The lowest BCUT2D eigenvalue weighted by molar-refractivity contribution is -0.138. The number of hydrogen-bond acceptors (Lipinski definition) is 8. The highest BCUT2D eigenvalue weighted by atomic mass is 19.4. The fourth-order valence-electron chi connectivity index (χ4n) is 3.98. The molecule has 4 rings (SSSR count). The number of aromatic nitrogens is 2. The van der Waals surface area contributed by atoms with Gasteiger partial charge in [0.05, 0.1) is 24.4 Å². The molecule has 2 aromatic rings. The Labute approximate surface area is 184 Å². The molecule has 0 radical (unpaired) electrons. The van der Waals surface area contributed by atoms with Crippen molar-refractivity contribution in [2.24, 2.45) is 0 Å². The molecule has 0 spiro atoms. The molecule has 2 aliphatic heterocycles. The van der Waals surface area contributed by atoms with Gasteiger partial charge in [-0.1, -0.05) is 18.2 Å². The number of hydrogen-bond donors (Lipinski definition) is 3. The smallest absolute Gasteiger partial charge is 0.393 e. The van der Waals surface area contributed by atoms with Crippen LogP contribution in [0.3, 0.4) is 0 Å². The van der Waals surface area contributed by atoms with Gasteiger partial charge in [-0.3, -0.25) is 0 Å². The molecule has 32 heavy (non-hydrogen) atoms. The number of halogens is 3. The van der Waals surface area contributed by atoms with Crippen LogP contribution in [0, 0.1) is 0 Å². The molecule has 0 bridgehead atoms. The van der Waals surface area contributed by atoms with E-state index in [1.807, 2.05) is 9.80 Å². The molecule has 2 fully saturated rings. The van der Waals surface area contributed by atoms with Crippen molar-refractivity contribution in [3.63, 3.8) is 0 Å². The first kappa shape index (κ1) is 22.4. The monoisotopic (exact) mass is 452 g/mol. The predicted octanol–water partition coefficient (Wildman–Crippen LogP) is 2.49. The molecule has 174 valence electrons. The molecular formula is C21H27F3N6O2. The Bertz CT molecular complexity index is 963. The number of β-amino-alcohol motifs (C(OH)–C–C–N with tert-alkyl or cyclic N) is 1. The molecule has 1 atom stereocenters. The molecule has 0 aliphatic carbocycles. The number of anilines is 4. The summed E-state index contributed by atoms with van der Waals surface area (Å²) in [6.07, 6.45) is -3.90. The number of morpholine rings is 1. The summed E-state index contributed by atoms with van der Waals surface area (Å²) >= 11 is 0. The van der Waals surface area contributed by atoms with Crippen LogP contribution in [-0.4, -0.2) is 60.1 Å². The summed E-state index contributed by atoms with van der Waals surface area (Å²) in [5.74, 6) is 1.15. The van der Waals surface area contributed by atoms with Crippen molar-refractivity contribution in [2.75, 3.05) is 60.2 Å². The van der Waals surface area contributed by atoms with E-state index in [4.69, 9.17) is 10.5 Å². The molecule has 0 saturated carbocycles. The van der Waals surface area contributed by atoms with Crippen molar-refractivity contribution < 1.29 is 23.0 Å². The standard InChI is InChI=1S/C21H27F3N6O2/c1-20(31)6-7-30(13-20)18-16(25)17(27-19(28-18)29-8-10-32-11-9-29)26-12-14-4-2-3-5-15(14)21(22,23)24/h2-5,31H,6-13,25H2,1H3,(H,26,27,28)/t20-/m0/s1. The van der Waals surface area contributed by atoms with E-state index in [-0.39, 0.29) is 23.6 Å². The first-order chi connectivity index (χ1) is 15.1. The van der Waals surface area contributed by atoms with Crippen molar-refractivity contribution >= 4 is 23.3 Å². The van der Waals surface area contributed by atoms with Crippen LogP contribution in [0.4, 0.5) is 36.4 Å². The molecule has 8 nitrogen and oxygen atoms in total. The van der Waals surface area contributed by atoms with Gasteiger partial charge in [0.15, 0.2) is 11.6 Å². The largest absolute Gasteiger partial charge is 0.416 e. The number of nitrogens with zero attached hydrogens (tertiary/aromatic N) is 4. The fraction of sp³-hybridized carbons (Fsp3) is 0.524. The molecular weight excluding hydrogens is 425 g/mol. The number of benzene rings is 1. The van der Waals surface area contributed by atoms with Crippen LogP contribution in [-0.2, 0) is 17.5 Å². The van der Waals surface area contributed by atoms with Crippen LogP contribution in [0.2, 0.25) is 0 Å². The van der Waals surface area contributed by atoms with Gasteiger partial charge in [-0.15, -0.1) is 0 Å². The minimum absolute atomic E-state index is 0.0941. The predicted molar refractivity (Wildman–Crippen MR) is 116 cm³/mol. The molecule has 11 heteroatoms. The molecule has 3 heterocycles. The van der Waals surface area contributed by atoms with Crippen molar-refractivity contribution in [1.82, 2.24) is 9.97 Å². The summed E-state index contributed by atoms with van der Waals surface area (Å²) in [5, 5.41) is 13.4. The SMILES string of the molecule is C[C@]1(O)CCN(c2nc(N3CCOCC3)nc(NCc3ccccc3C(F)(F)F)c2N)C1. The number of ether oxygens (including phenoxy) is 1. The van der Waals surface area contributed by atoms with Crippen LogP contribution in [0.5, 0.6) is 0 Å². The topological polar surface area (TPSA) is 99.8 Å². The van der Waals surface area contributed by atoms with Crippen molar-refractivity contribution in [1.29, 1.82) is 0 Å². The molecule has 0 amide bonds. The highest BCUT2D eigenvalue weighted by molar-refractivity contribution is 5.77. The van der Waals surface area contributed by atoms with Crippen molar-refractivity contribution in [3.8, 4) is 0 Å². The van der Waals surface area contributed by atoms with E-state index < -0.39 is 17.3 Å². The molecule has 1 aromatic heterocycles. The quantitative estimate of drug-likeness (QED) is 0.637. The summed E-state index contributed by atoms with van der Waals surface area (Å²) < 4.78 is 45.5. The number of aliphatic hydroxyl groups is 1. The first-order valence-electron chi connectivity index (χ1n) is 10.5. The van der Waals surface area contributed by atoms with Crippen LogP contribution in [0.1, 0.15) is 24.5 Å². The maximum absolute atomic E-state index is 13.4. The fourth-order valence-corrected chi connectivity index (χ4v) is 3.98. The number of nitrogens with two attached hydrogens (primary N) is 1. The van der Waals surface area contributed by atoms with Gasteiger partial charge in [-0.25, -0.2) is 0 Å². The third-order valence-corrected chi connectivity index (χ3v) is 5.73. The van der Waals surface area contributed by atoms with E-state index >= 15 is 0 Å². The van der Waals surface area contributed by atoms with Crippen molar-refractivity contribution in [2.45, 2.75) is 31.7 Å². The third-order valence-electron chi connectivity index (χ3n) is 5.73. The number of nitrogens with one attached hydrogen (secondary N) is 1. The lowest BCUT2D eigenvalue weighted by atomic mass is 10.1. The van der Waals surface area contributed by atoms with Gasteiger partial charge in [-0.05, 0) is 25.0 Å². The zero-order valence-electron chi connectivity index (χ0n) is 17.8. The lowest BCUT2D eigenvalue weighted by Crippen LogP contribution is -2.38. The summed E-state index contributed by atoms with van der Waals surface area (Å²) in [4.78, 5) is 13.0. The second kappa shape index (κ2) is 8.62. The molecule has 0 unspecified atom stereocenters. The maximum atomic E-state index is 13.4. The Balaban J connectivity index is 1.66. The van der Waals surface area contributed by atoms with E-state index in [0.717, 1.165) is 6.07 Å². The van der Waals surface area contributed by atoms with Crippen LogP contribution < -0.4 is 20.9 Å². The normalized spacial score (nSPS) is 21.8. The van der Waals surface area contributed by atoms with Crippen LogP contribution in [0.25, 0.3) is 0 Å². The zero-order chi connectivity index (χ0) is 22.9. The van der Waals surface area contributed by atoms with Gasteiger partial charge in [0.1, 0.15) is 5.69 Å². The Kier molecular flexibility index (Phi) is 6.04. The number of nitrogen functional groups attached to an aromatic ring is 1. The Morgan fingerprint density at radius 1 is 1.16 bits per heavy atom. The molecule has 2 aliphatic rings. The third kappa shape index (κ3) is 4.83. The average molecular weight is 452 g/mol.